The summed E-state index contributed by atoms with van der Waals surface area (Å²) in [5.41, 5.74) is 1.59. The maximum Gasteiger partial charge on any atom is 0.407 e. The summed E-state index contributed by atoms with van der Waals surface area (Å²) in [6, 6.07) is 22.1. The van der Waals surface area contributed by atoms with Crippen LogP contribution in [0.2, 0.25) is 0 Å². The quantitative estimate of drug-likeness (QED) is 0.265. The molecule has 0 unspecified atom stereocenters. The van der Waals surface area contributed by atoms with E-state index in [2.05, 4.69) is 10.0 Å². The van der Waals surface area contributed by atoms with Crippen LogP contribution in [0.3, 0.4) is 0 Å². The molecule has 1 fully saturated rings. The fraction of sp³-hybridized carbons (Fsp3) is 0.364. The van der Waals surface area contributed by atoms with Gasteiger partial charge in [0.2, 0.25) is 15.9 Å². The Morgan fingerprint density at radius 3 is 2.27 bits per heavy atom. The van der Waals surface area contributed by atoms with E-state index in [0.29, 0.717) is 30.1 Å². The first-order valence-electron chi connectivity index (χ1n) is 14.8. The number of amides is 2. The third kappa shape index (κ3) is 6.96. The molecule has 0 spiro atoms. The van der Waals surface area contributed by atoms with E-state index in [1.54, 1.807) is 7.11 Å². The maximum absolute atomic E-state index is 13.8. The number of methoxy groups -OCH3 is 1. The van der Waals surface area contributed by atoms with Gasteiger partial charge in [0.15, 0.2) is 0 Å². The van der Waals surface area contributed by atoms with Crippen molar-refractivity contribution in [1.29, 1.82) is 5.26 Å². The van der Waals surface area contributed by atoms with Crippen LogP contribution in [0.15, 0.2) is 77.7 Å². The largest absolute Gasteiger partial charge is 0.465 e. The van der Waals surface area contributed by atoms with Crippen LogP contribution in [0.1, 0.15) is 42.4 Å². The number of sulfonamides is 1. The van der Waals surface area contributed by atoms with Crippen LogP contribution < -0.4 is 14.8 Å². The summed E-state index contributed by atoms with van der Waals surface area (Å²) >= 11 is 0. The molecule has 0 bridgehead atoms. The zero-order valence-electron chi connectivity index (χ0n) is 24.9. The number of benzene rings is 3. The van der Waals surface area contributed by atoms with Crippen molar-refractivity contribution in [2.24, 2.45) is 5.92 Å². The summed E-state index contributed by atoms with van der Waals surface area (Å²) in [5, 5.41) is 22.0. The second kappa shape index (κ2) is 13.7. The molecule has 0 radical (unpaired) electrons. The van der Waals surface area contributed by atoms with Gasteiger partial charge in [-0.1, -0.05) is 36.4 Å². The number of hydrogen-bond acceptors (Lipinski definition) is 7. The van der Waals surface area contributed by atoms with Crippen molar-refractivity contribution in [3.63, 3.8) is 0 Å². The van der Waals surface area contributed by atoms with Crippen LogP contribution in [0.5, 0.6) is 11.5 Å². The Hall–Kier alpha value is -4.44. The first-order chi connectivity index (χ1) is 21.7. The van der Waals surface area contributed by atoms with E-state index in [0.717, 1.165) is 28.9 Å². The van der Waals surface area contributed by atoms with Gasteiger partial charge in [0.1, 0.15) is 11.5 Å². The molecule has 2 heterocycles. The van der Waals surface area contributed by atoms with E-state index in [4.69, 9.17) is 14.7 Å². The highest BCUT2D eigenvalue weighted by Gasteiger charge is 2.43. The Morgan fingerprint density at radius 2 is 1.67 bits per heavy atom. The number of nitrogens with one attached hydrogen (secondary N) is 2. The van der Waals surface area contributed by atoms with Gasteiger partial charge in [-0.3, -0.25) is 4.79 Å². The minimum absolute atomic E-state index is 0.0535. The van der Waals surface area contributed by atoms with Gasteiger partial charge < -0.3 is 24.8 Å². The zero-order valence-corrected chi connectivity index (χ0v) is 25.8. The topological polar surface area (TPSA) is 158 Å². The molecule has 2 aliphatic heterocycles. The van der Waals surface area contributed by atoms with E-state index in [9.17, 15) is 23.1 Å². The van der Waals surface area contributed by atoms with Crippen LogP contribution >= 0.6 is 0 Å². The number of ether oxygens (including phenoxy) is 2. The minimum Gasteiger partial charge on any atom is -0.465 e. The Kier molecular flexibility index (Phi) is 9.72. The van der Waals surface area contributed by atoms with Crippen molar-refractivity contribution >= 4 is 22.0 Å². The second-order valence-electron chi connectivity index (χ2n) is 11.4. The van der Waals surface area contributed by atoms with Crippen molar-refractivity contribution in [2.75, 3.05) is 33.4 Å². The predicted molar refractivity (Wildman–Crippen MR) is 165 cm³/mol. The van der Waals surface area contributed by atoms with Crippen molar-refractivity contribution < 1.29 is 32.6 Å². The summed E-state index contributed by atoms with van der Waals surface area (Å²) in [5.74, 6) is 0.272. The highest BCUT2D eigenvalue weighted by atomic mass is 32.2. The maximum atomic E-state index is 13.8. The highest BCUT2D eigenvalue weighted by Crippen LogP contribution is 2.50. The van der Waals surface area contributed by atoms with Gasteiger partial charge in [-0.2, -0.15) is 5.26 Å². The highest BCUT2D eigenvalue weighted by molar-refractivity contribution is 7.89. The molecule has 12 heteroatoms. The lowest BCUT2D eigenvalue weighted by Crippen LogP contribution is -2.56. The molecule has 0 aromatic heterocycles. The third-order valence-corrected chi connectivity index (χ3v) is 10.0. The van der Waals surface area contributed by atoms with E-state index in [1.807, 2.05) is 54.6 Å². The Labute approximate surface area is 262 Å². The fourth-order valence-corrected chi connectivity index (χ4v) is 7.54. The summed E-state index contributed by atoms with van der Waals surface area (Å²) < 4.78 is 40.4. The molecule has 0 saturated carbocycles. The van der Waals surface area contributed by atoms with Crippen LogP contribution in [0, 0.1) is 17.2 Å². The molecule has 236 valence electrons. The fourth-order valence-electron chi connectivity index (χ4n) is 6.30. The number of nitriles is 1. The molecular weight excluding hydrogens is 596 g/mol. The average Bonchev–Trinajstić information content (AvgIpc) is 3.05. The van der Waals surface area contributed by atoms with Crippen LogP contribution in [0.25, 0.3) is 0 Å². The van der Waals surface area contributed by atoms with Gasteiger partial charge in [0.25, 0.3) is 0 Å². The second-order valence-corrected chi connectivity index (χ2v) is 13.1. The predicted octanol–water partition coefficient (Wildman–Crippen LogP) is 4.23. The number of piperidine rings is 1. The minimum atomic E-state index is -4.04. The van der Waals surface area contributed by atoms with Gasteiger partial charge in [-0.25, -0.2) is 17.9 Å². The lowest BCUT2D eigenvalue weighted by molar-refractivity contribution is -0.126. The average molecular weight is 633 g/mol. The Morgan fingerprint density at radius 1 is 1.02 bits per heavy atom. The standard InChI is InChI=1S/C33H36N4O7S/c1-43-17-7-6-16-33(27-8-2-4-10-29(27)44-30-11-5-3-9-28(30)33)22-35-31(38)24-18-25(21-37(20-24)32(39)40)36-45(41,42)26-14-12-23(19-34)13-15-26/h2-5,8-15,24-25,36H,6-7,16-18,20-22H2,1H3,(H,35,38)(H,39,40)/t24-,25+/m0/s1. The van der Waals surface area contributed by atoms with E-state index in [1.165, 1.54) is 24.3 Å². The first-order valence-corrected chi connectivity index (χ1v) is 16.3. The zero-order chi connectivity index (χ0) is 32.0. The van der Waals surface area contributed by atoms with Crippen LogP contribution in [0.4, 0.5) is 4.79 Å². The number of fused-ring (bicyclic) bond motifs is 2. The Bertz CT molecular complexity index is 1640. The van der Waals surface area contributed by atoms with E-state index in [-0.39, 0.29) is 36.9 Å². The van der Waals surface area contributed by atoms with Crippen molar-refractivity contribution in [3.05, 3.63) is 89.5 Å². The lowest BCUT2D eigenvalue weighted by atomic mass is 9.69. The van der Waals surface area contributed by atoms with Gasteiger partial charge in [-0.15, -0.1) is 0 Å². The molecule has 11 nitrogen and oxygen atoms in total. The lowest BCUT2D eigenvalue weighted by Gasteiger charge is -2.41. The van der Waals surface area contributed by atoms with Gasteiger partial charge >= 0.3 is 6.09 Å². The molecule has 2 atom stereocenters. The number of carbonyl (C=O) groups excluding carboxylic acids is 1. The SMILES string of the molecule is COCCCCC1(CNC(=O)[C@H]2C[C@@H](NS(=O)(=O)c3ccc(C#N)cc3)CN(C(=O)O)C2)c2ccccc2Oc2ccccc21. The summed E-state index contributed by atoms with van der Waals surface area (Å²) in [4.78, 5) is 26.9. The molecule has 3 aromatic carbocycles. The summed E-state index contributed by atoms with van der Waals surface area (Å²) in [6.07, 6.45) is 1.23. The van der Waals surface area contributed by atoms with Gasteiger partial charge in [0.05, 0.1) is 22.4 Å². The van der Waals surface area contributed by atoms with Crippen molar-refractivity contribution in [3.8, 4) is 17.6 Å². The molecule has 1 saturated heterocycles. The number of para-hydroxylation sites is 2. The van der Waals surface area contributed by atoms with Crippen LogP contribution in [-0.4, -0.2) is 69.8 Å². The number of rotatable bonds is 11. The molecular formula is C33H36N4O7S. The molecule has 5 rings (SSSR count). The molecule has 2 amide bonds. The molecule has 3 N–H and O–H groups in total. The number of hydrogen-bond donors (Lipinski definition) is 3. The Balaban J connectivity index is 1.38. The number of likely N-dealkylation sites (tertiary alicyclic amines) is 1. The number of nitrogens with zero attached hydrogens (tertiary/aromatic N) is 2. The molecule has 45 heavy (non-hydrogen) atoms. The number of unbranched alkanes of at least 4 members (excludes halogenated alkanes) is 1. The molecule has 3 aromatic rings. The monoisotopic (exact) mass is 632 g/mol. The van der Waals surface area contributed by atoms with Crippen molar-refractivity contribution in [1.82, 2.24) is 14.9 Å². The van der Waals surface area contributed by atoms with Crippen LogP contribution in [-0.2, 0) is 25.0 Å². The normalized spacial score (nSPS) is 18.5. The van der Waals surface area contributed by atoms with Crippen molar-refractivity contribution in [2.45, 2.75) is 42.0 Å². The number of carbonyl (C=O) groups is 2. The van der Waals surface area contributed by atoms with E-state index < -0.39 is 33.5 Å². The summed E-state index contributed by atoms with van der Waals surface area (Å²) in [6.45, 7) is 0.681. The number of carboxylic acid groups (broad SMARTS) is 1. The smallest absolute Gasteiger partial charge is 0.407 e. The van der Waals surface area contributed by atoms with Gasteiger partial charge in [-0.05, 0) is 62.1 Å². The summed E-state index contributed by atoms with van der Waals surface area (Å²) in [7, 11) is -2.38. The third-order valence-electron chi connectivity index (χ3n) is 8.50. The molecule has 2 aliphatic rings. The first kappa shape index (κ1) is 32.0. The molecule has 0 aliphatic carbocycles. The van der Waals surface area contributed by atoms with Gasteiger partial charge in [0, 0.05) is 55.9 Å². The van der Waals surface area contributed by atoms with E-state index >= 15 is 0 Å².